The van der Waals surface area contributed by atoms with E-state index in [-0.39, 0.29) is 17.6 Å². The second-order valence-corrected chi connectivity index (χ2v) is 4.55. The number of hydrogen-bond donors (Lipinski definition) is 0. The average molecular weight is 211 g/mol. The molecule has 0 N–H and O–H groups in total. The molecule has 3 rings (SSSR count). The van der Waals surface area contributed by atoms with Crippen molar-refractivity contribution in [2.75, 3.05) is 26.7 Å². The van der Waals surface area contributed by atoms with Gasteiger partial charge in [-0.3, -0.25) is 9.59 Å². The predicted molar refractivity (Wildman–Crippen MR) is 54.4 cm³/mol. The number of rotatable bonds is 3. The van der Waals surface area contributed by atoms with E-state index in [1.807, 2.05) is 0 Å². The van der Waals surface area contributed by atoms with Crippen LogP contribution in [0.4, 0.5) is 0 Å². The van der Waals surface area contributed by atoms with Crippen LogP contribution >= 0.6 is 0 Å². The Morgan fingerprint density at radius 2 is 1.73 bits per heavy atom. The minimum absolute atomic E-state index is 0.0451. The Morgan fingerprint density at radius 1 is 1.20 bits per heavy atom. The molecule has 0 aromatic heterocycles. The van der Waals surface area contributed by atoms with Crippen molar-refractivity contribution in [1.29, 1.82) is 0 Å². The van der Waals surface area contributed by atoms with Gasteiger partial charge in [-0.1, -0.05) is 0 Å². The molecule has 0 saturated carbocycles. The maximum absolute atomic E-state index is 12.0. The van der Waals surface area contributed by atoms with E-state index in [0.29, 0.717) is 0 Å². The van der Waals surface area contributed by atoms with Crippen LogP contribution in [0, 0.1) is 5.41 Å². The fourth-order valence-corrected chi connectivity index (χ4v) is 2.64. The Hall–Kier alpha value is -0.900. The van der Waals surface area contributed by atoms with Gasteiger partial charge >= 0.3 is 5.97 Å². The van der Waals surface area contributed by atoms with Gasteiger partial charge in [-0.2, -0.15) is 0 Å². The lowest BCUT2D eigenvalue weighted by Gasteiger charge is -2.47. The van der Waals surface area contributed by atoms with Gasteiger partial charge < -0.3 is 9.64 Å². The molecule has 15 heavy (non-hydrogen) atoms. The smallest absolute Gasteiger partial charge is 0.313 e. The van der Waals surface area contributed by atoms with Crippen LogP contribution in [0.15, 0.2) is 0 Å². The molecule has 2 bridgehead atoms. The Morgan fingerprint density at radius 3 is 2.20 bits per heavy atom. The van der Waals surface area contributed by atoms with E-state index >= 15 is 0 Å². The zero-order chi connectivity index (χ0) is 10.9. The van der Waals surface area contributed by atoms with Gasteiger partial charge in [-0.05, 0) is 38.9 Å². The molecule has 0 aromatic rings. The number of carbonyl (C=O) groups excluding carboxylic acids is 2. The predicted octanol–water partition coefficient (Wildman–Crippen LogP) is 0.605. The highest BCUT2D eigenvalue weighted by Gasteiger charge is 2.45. The molecule has 3 fully saturated rings. The van der Waals surface area contributed by atoms with E-state index in [0.717, 1.165) is 38.9 Å². The van der Waals surface area contributed by atoms with Crippen molar-refractivity contribution in [3.63, 3.8) is 0 Å². The van der Waals surface area contributed by atoms with Crippen LogP contribution in [0.1, 0.15) is 25.7 Å². The summed E-state index contributed by atoms with van der Waals surface area (Å²) in [6.45, 7) is 3.02. The summed E-state index contributed by atoms with van der Waals surface area (Å²) in [5.41, 5.74) is -0.205. The first kappa shape index (κ1) is 10.6. The number of fused-ring (bicyclic) bond motifs is 3. The lowest BCUT2D eigenvalue weighted by atomic mass is 9.68. The fourth-order valence-electron chi connectivity index (χ4n) is 2.64. The fraction of sp³-hybridized carbons (Fsp3) is 0.818. The van der Waals surface area contributed by atoms with E-state index < -0.39 is 5.97 Å². The van der Waals surface area contributed by atoms with Gasteiger partial charge in [0.25, 0.3) is 0 Å². The molecular weight excluding hydrogens is 194 g/mol. The minimum atomic E-state index is -0.401. The van der Waals surface area contributed by atoms with Gasteiger partial charge in [0.05, 0.1) is 7.11 Å². The summed E-state index contributed by atoms with van der Waals surface area (Å²) in [6, 6.07) is 0. The van der Waals surface area contributed by atoms with Crippen molar-refractivity contribution in [1.82, 2.24) is 4.90 Å². The van der Waals surface area contributed by atoms with Gasteiger partial charge in [0.1, 0.15) is 12.2 Å². The van der Waals surface area contributed by atoms with Crippen molar-refractivity contribution < 1.29 is 14.3 Å². The standard InChI is InChI=1S/C11H17NO3/c1-15-10(14)8-9(13)11-2-5-12(6-3-11)7-4-11/h2-8H2,1H3. The molecule has 0 radical (unpaired) electrons. The van der Waals surface area contributed by atoms with Crippen LogP contribution in [0.2, 0.25) is 0 Å². The summed E-state index contributed by atoms with van der Waals surface area (Å²) in [7, 11) is 1.33. The van der Waals surface area contributed by atoms with Gasteiger partial charge in [0.15, 0.2) is 0 Å². The minimum Gasteiger partial charge on any atom is -0.469 e. The van der Waals surface area contributed by atoms with Crippen LogP contribution in [0.3, 0.4) is 0 Å². The van der Waals surface area contributed by atoms with E-state index in [4.69, 9.17) is 0 Å². The largest absolute Gasteiger partial charge is 0.469 e. The third-order valence-corrected chi connectivity index (χ3v) is 3.84. The lowest BCUT2D eigenvalue weighted by molar-refractivity contribution is -0.148. The van der Waals surface area contributed by atoms with Crippen molar-refractivity contribution >= 4 is 11.8 Å². The van der Waals surface area contributed by atoms with Crippen LogP contribution in [-0.2, 0) is 14.3 Å². The molecule has 3 aliphatic heterocycles. The first-order chi connectivity index (χ1) is 7.16. The maximum Gasteiger partial charge on any atom is 0.313 e. The Balaban J connectivity index is 2.01. The van der Waals surface area contributed by atoms with Crippen molar-refractivity contribution in [2.24, 2.45) is 5.41 Å². The summed E-state index contributed by atoms with van der Waals surface area (Å²) in [4.78, 5) is 25.5. The summed E-state index contributed by atoms with van der Waals surface area (Å²) in [6.07, 6.45) is 2.71. The van der Waals surface area contributed by atoms with Crippen LogP contribution in [0.5, 0.6) is 0 Å². The molecule has 3 saturated heterocycles. The molecular formula is C11H17NO3. The van der Waals surface area contributed by atoms with E-state index in [2.05, 4.69) is 9.64 Å². The average Bonchev–Trinajstić information content (AvgIpc) is 2.31. The topological polar surface area (TPSA) is 46.6 Å². The van der Waals surface area contributed by atoms with Crippen molar-refractivity contribution in [2.45, 2.75) is 25.7 Å². The second-order valence-electron chi connectivity index (χ2n) is 4.55. The summed E-state index contributed by atoms with van der Waals surface area (Å²) in [5.74, 6) is -0.309. The monoisotopic (exact) mass is 211 g/mol. The highest BCUT2D eigenvalue weighted by molar-refractivity contribution is 5.98. The normalized spacial score (nSPS) is 33.8. The van der Waals surface area contributed by atoms with Crippen LogP contribution in [-0.4, -0.2) is 43.4 Å². The summed E-state index contributed by atoms with van der Waals surface area (Å²) >= 11 is 0. The molecule has 4 nitrogen and oxygen atoms in total. The number of ketones is 1. The summed E-state index contributed by atoms with van der Waals surface area (Å²) in [5, 5.41) is 0. The zero-order valence-electron chi connectivity index (χ0n) is 9.12. The first-order valence-corrected chi connectivity index (χ1v) is 5.49. The van der Waals surface area contributed by atoms with Crippen molar-refractivity contribution in [3.05, 3.63) is 0 Å². The highest BCUT2D eigenvalue weighted by Crippen LogP contribution is 2.41. The Kier molecular flexibility index (Phi) is 2.78. The Labute approximate surface area is 89.6 Å². The van der Waals surface area contributed by atoms with Gasteiger partial charge in [-0.15, -0.1) is 0 Å². The molecule has 0 spiro atoms. The second kappa shape index (κ2) is 3.93. The maximum atomic E-state index is 12.0. The quantitative estimate of drug-likeness (QED) is 0.507. The molecule has 3 heterocycles. The molecule has 4 heteroatoms. The first-order valence-electron chi connectivity index (χ1n) is 5.49. The molecule has 84 valence electrons. The molecule has 0 aromatic carbocycles. The SMILES string of the molecule is COC(=O)CC(=O)C12CCN(CC1)CC2. The van der Waals surface area contributed by atoms with Crippen molar-refractivity contribution in [3.8, 4) is 0 Å². The van der Waals surface area contributed by atoms with Gasteiger partial charge in [0, 0.05) is 5.41 Å². The number of nitrogens with zero attached hydrogens (tertiary/aromatic N) is 1. The van der Waals surface area contributed by atoms with E-state index in [9.17, 15) is 9.59 Å². The third-order valence-electron chi connectivity index (χ3n) is 3.84. The third kappa shape index (κ3) is 1.91. The van der Waals surface area contributed by atoms with Crippen LogP contribution in [0.25, 0.3) is 0 Å². The molecule has 0 aliphatic carbocycles. The molecule has 0 unspecified atom stereocenters. The van der Waals surface area contributed by atoms with E-state index in [1.165, 1.54) is 7.11 Å². The molecule has 3 aliphatic rings. The molecule has 0 amide bonds. The van der Waals surface area contributed by atoms with E-state index in [1.54, 1.807) is 0 Å². The lowest BCUT2D eigenvalue weighted by Crippen LogP contribution is -2.52. The zero-order valence-corrected chi connectivity index (χ0v) is 9.12. The number of hydrogen-bond acceptors (Lipinski definition) is 4. The van der Waals surface area contributed by atoms with Gasteiger partial charge in [-0.25, -0.2) is 0 Å². The number of piperidine rings is 3. The van der Waals surface area contributed by atoms with Crippen LogP contribution < -0.4 is 0 Å². The summed E-state index contributed by atoms with van der Waals surface area (Å²) < 4.78 is 4.54. The number of Topliss-reactive ketones (excluding diaryl/α,β-unsaturated/α-hetero) is 1. The number of esters is 1. The number of ether oxygens (including phenoxy) is 1. The van der Waals surface area contributed by atoms with Gasteiger partial charge in [0.2, 0.25) is 0 Å². The Bertz CT molecular complexity index is 266. The number of methoxy groups -OCH3 is 1. The number of carbonyl (C=O) groups is 2. The molecule has 0 atom stereocenters. The highest BCUT2D eigenvalue weighted by atomic mass is 16.5.